The normalized spacial score (nSPS) is 11.1. The molecule has 0 saturated carbocycles. The molecule has 0 aromatic heterocycles. The van der Waals surface area contributed by atoms with Crippen LogP contribution >= 0.6 is 11.6 Å². The molecule has 1 rings (SSSR count). The van der Waals surface area contributed by atoms with Crippen LogP contribution in [0, 0.1) is 0 Å². The van der Waals surface area contributed by atoms with Crippen molar-refractivity contribution in [3.8, 4) is 0 Å². The van der Waals surface area contributed by atoms with Crippen LogP contribution in [-0.2, 0) is 4.79 Å². The highest BCUT2D eigenvalue weighted by Crippen LogP contribution is 2.32. The van der Waals surface area contributed by atoms with Gasteiger partial charge in [-0.05, 0) is 23.0 Å². The van der Waals surface area contributed by atoms with Crippen molar-refractivity contribution in [2.24, 2.45) is 0 Å². The van der Waals surface area contributed by atoms with E-state index in [1.54, 1.807) is 0 Å². The lowest BCUT2D eigenvalue weighted by Crippen LogP contribution is -2.15. The quantitative estimate of drug-likeness (QED) is 0.782. The molecule has 0 unspecified atom stereocenters. The average Bonchev–Trinajstić information content (AvgIpc) is 2.28. The highest BCUT2D eigenvalue weighted by Gasteiger charge is 2.15. The molecular weight excluding hydrogens is 246 g/mol. The Kier molecular flexibility index (Phi) is 5.67. The topological polar surface area (TPSA) is 29.1 Å². The number of anilines is 1. The molecule has 3 heteroatoms. The van der Waals surface area contributed by atoms with Gasteiger partial charge in [0.1, 0.15) is 0 Å². The number of hydrogen-bond acceptors (Lipinski definition) is 1. The van der Waals surface area contributed by atoms with E-state index in [4.69, 9.17) is 11.6 Å². The van der Waals surface area contributed by atoms with Gasteiger partial charge in [-0.3, -0.25) is 4.79 Å². The molecule has 0 aliphatic carbocycles. The van der Waals surface area contributed by atoms with Gasteiger partial charge in [-0.1, -0.05) is 45.9 Å². The third kappa shape index (κ3) is 3.74. The molecular formula is C15H22ClNO. The van der Waals surface area contributed by atoms with Crippen LogP contribution in [0.15, 0.2) is 18.2 Å². The Morgan fingerprint density at radius 2 is 1.67 bits per heavy atom. The van der Waals surface area contributed by atoms with Crippen molar-refractivity contribution in [3.05, 3.63) is 29.3 Å². The van der Waals surface area contributed by atoms with Gasteiger partial charge in [-0.25, -0.2) is 0 Å². The number of para-hydroxylation sites is 1. The van der Waals surface area contributed by atoms with Gasteiger partial charge in [-0.2, -0.15) is 0 Å². The lowest BCUT2D eigenvalue weighted by atomic mass is 9.92. The number of rotatable bonds is 5. The van der Waals surface area contributed by atoms with Gasteiger partial charge in [0, 0.05) is 18.0 Å². The second-order valence-corrected chi connectivity index (χ2v) is 5.49. The first-order valence-electron chi connectivity index (χ1n) is 6.46. The van der Waals surface area contributed by atoms with Crippen molar-refractivity contribution in [2.75, 3.05) is 11.2 Å². The van der Waals surface area contributed by atoms with Crippen LogP contribution < -0.4 is 5.32 Å². The van der Waals surface area contributed by atoms with Crippen LogP contribution in [0.5, 0.6) is 0 Å². The van der Waals surface area contributed by atoms with Crippen molar-refractivity contribution >= 4 is 23.2 Å². The van der Waals surface area contributed by atoms with Crippen molar-refractivity contribution in [3.63, 3.8) is 0 Å². The van der Waals surface area contributed by atoms with Gasteiger partial charge in [0.25, 0.3) is 0 Å². The molecule has 1 aromatic carbocycles. The maximum Gasteiger partial charge on any atom is 0.225 e. The summed E-state index contributed by atoms with van der Waals surface area (Å²) >= 11 is 5.61. The van der Waals surface area contributed by atoms with Crippen molar-refractivity contribution < 1.29 is 4.79 Å². The monoisotopic (exact) mass is 267 g/mol. The fraction of sp³-hybridized carbons (Fsp3) is 0.533. The molecule has 1 N–H and O–H groups in total. The molecule has 0 bridgehead atoms. The van der Waals surface area contributed by atoms with E-state index in [0.29, 0.717) is 24.1 Å². The van der Waals surface area contributed by atoms with Gasteiger partial charge in [0.05, 0.1) is 0 Å². The summed E-state index contributed by atoms with van der Waals surface area (Å²) < 4.78 is 0. The molecule has 100 valence electrons. The Hall–Kier alpha value is -1.02. The van der Waals surface area contributed by atoms with E-state index in [1.807, 2.05) is 0 Å². The van der Waals surface area contributed by atoms with E-state index in [9.17, 15) is 4.79 Å². The molecule has 0 saturated heterocycles. The van der Waals surface area contributed by atoms with E-state index in [1.165, 1.54) is 11.1 Å². The minimum atomic E-state index is -0.0139. The van der Waals surface area contributed by atoms with E-state index < -0.39 is 0 Å². The summed E-state index contributed by atoms with van der Waals surface area (Å²) in [6, 6.07) is 6.21. The van der Waals surface area contributed by atoms with E-state index >= 15 is 0 Å². The standard InChI is InChI=1S/C15H22ClNO/c1-10(2)12-6-5-7-13(11(3)4)15(12)17-14(18)8-9-16/h5-7,10-11H,8-9H2,1-4H3,(H,17,18). The van der Waals surface area contributed by atoms with Crippen LogP contribution in [0.3, 0.4) is 0 Å². The number of hydrogen-bond donors (Lipinski definition) is 1. The molecule has 18 heavy (non-hydrogen) atoms. The molecule has 1 aromatic rings. The summed E-state index contributed by atoms with van der Waals surface area (Å²) in [6.07, 6.45) is 0.353. The first-order valence-corrected chi connectivity index (χ1v) is 6.99. The molecule has 0 fully saturated rings. The maximum absolute atomic E-state index is 11.8. The number of nitrogens with one attached hydrogen (secondary N) is 1. The highest BCUT2D eigenvalue weighted by molar-refractivity contribution is 6.19. The molecule has 0 aliphatic heterocycles. The smallest absolute Gasteiger partial charge is 0.225 e. The molecule has 0 heterocycles. The van der Waals surface area contributed by atoms with E-state index in [2.05, 4.69) is 51.2 Å². The van der Waals surface area contributed by atoms with E-state index in [0.717, 1.165) is 5.69 Å². The predicted octanol–water partition coefficient (Wildman–Crippen LogP) is 4.50. The fourth-order valence-corrected chi connectivity index (χ4v) is 2.15. The lowest BCUT2D eigenvalue weighted by molar-refractivity contribution is -0.115. The Morgan fingerprint density at radius 1 is 1.17 bits per heavy atom. The molecule has 2 nitrogen and oxygen atoms in total. The van der Waals surface area contributed by atoms with Crippen LogP contribution in [0.1, 0.15) is 57.1 Å². The first kappa shape index (κ1) is 15.0. The lowest BCUT2D eigenvalue weighted by Gasteiger charge is -2.20. The number of carbonyl (C=O) groups is 1. The predicted molar refractivity (Wildman–Crippen MR) is 78.6 cm³/mol. The van der Waals surface area contributed by atoms with E-state index in [-0.39, 0.29) is 5.91 Å². The summed E-state index contributed by atoms with van der Waals surface area (Å²) in [5.74, 6) is 1.11. The third-order valence-electron chi connectivity index (χ3n) is 2.96. The van der Waals surface area contributed by atoms with Gasteiger partial charge < -0.3 is 5.32 Å². The van der Waals surface area contributed by atoms with Crippen LogP contribution in [0.4, 0.5) is 5.69 Å². The first-order chi connectivity index (χ1) is 8.47. The minimum Gasteiger partial charge on any atom is -0.326 e. The SMILES string of the molecule is CC(C)c1cccc(C(C)C)c1NC(=O)CCCl. The minimum absolute atomic E-state index is 0.0139. The molecule has 0 radical (unpaired) electrons. The van der Waals surface area contributed by atoms with Crippen LogP contribution in [-0.4, -0.2) is 11.8 Å². The number of carbonyl (C=O) groups excluding carboxylic acids is 1. The third-order valence-corrected chi connectivity index (χ3v) is 3.15. The van der Waals surface area contributed by atoms with Gasteiger partial charge in [-0.15, -0.1) is 11.6 Å². The Bertz CT molecular complexity index is 387. The summed E-state index contributed by atoms with van der Waals surface area (Å²) in [6.45, 7) is 8.54. The zero-order chi connectivity index (χ0) is 13.7. The zero-order valence-electron chi connectivity index (χ0n) is 11.6. The Labute approximate surface area is 115 Å². The van der Waals surface area contributed by atoms with Gasteiger partial charge in [0.2, 0.25) is 5.91 Å². The van der Waals surface area contributed by atoms with Crippen molar-refractivity contribution in [1.82, 2.24) is 0 Å². The largest absolute Gasteiger partial charge is 0.326 e. The summed E-state index contributed by atoms with van der Waals surface area (Å²) in [5, 5.41) is 3.02. The van der Waals surface area contributed by atoms with Crippen molar-refractivity contribution in [2.45, 2.75) is 46.0 Å². The van der Waals surface area contributed by atoms with Crippen LogP contribution in [0.2, 0.25) is 0 Å². The molecule has 0 aliphatic rings. The van der Waals surface area contributed by atoms with Crippen LogP contribution in [0.25, 0.3) is 0 Å². The fourth-order valence-electron chi connectivity index (χ4n) is 1.98. The van der Waals surface area contributed by atoms with Gasteiger partial charge >= 0.3 is 0 Å². The molecule has 0 spiro atoms. The summed E-state index contributed by atoms with van der Waals surface area (Å²) in [4.78, 5) is 11.8. The second kappa shape index (κ2) is 6.79. The number of benzene rings is 1. The average molecular weight is 268 g/mol. The molecule has 0 atom stereocenters. The summed E-state index contributed by atoms with van der Waals surface area (Å²) in [5.41, 5.74) is 3.34. The number of halogens is 1. The number of alkyl halides is 1. The van der Waals surface area contributed by atoms with Crippen molar-refractivity contribution in [1.29, 1.82) is 0 Å². The molecule has 1 amide bonds. The van der Waals surface area contributed by atoms with Gasteiger partial charge in [0.15, 0.2) is 0 Å². The zero-order valence-corrected chi connectivity index (χ0v) is 12.3. The number of amides is 1. The highest BCUT2D eigenvalue weighted by atomic mass is 35.5. The Morgan fingerprint density at radius 3 is 2.06 bits per heavy atom. The maximum atomic E-state index is 11.8. The summed E-state index contributed by atoms with van der Waals surface area (Å²) in [7, 11) is 0. The second-order valence-electron chi connectivity index (χ2n) is 5.11. The Balaban J connectivity index is 3.14.